The van der Waals surface area contributed by atoms with Crippen molar-refractivity contribution < 1.29 is 17.9 Å². The maximum atomic E-state index is 13.1. The first kappa shape index (κ1) is 23.8. The molecular formula is C28H27N3O4S. The van der Waals surface area contributed by atoms with Crippen LogP contribution in [-0.2, 0) is 15.6 Å². The lowest BCUT2D eigenvalue weighted by atomic mass is 10.1. The summed E-state index contributed by atoms with van der Waals surface area (Å²) in [6.45, 7) is 2.62. The topological polar surface area (TPSA) is 79.8 Å². The van der Waals surface area contributed by atoms with E-state index in [1.54, 1.807) is 55.8 Å². The van der Waals surface area contributed by atoms with Crippen molar-refractivity contribution >= 4 is 32.3 Å². The number of benzene rings is 3. The van der Waals surface area contributed by atoms with Crippen molar-refractivity contribution in [2.75, 3.05) is 38.2 Å². The molecule has 1 amide bonds. The van der Waals surface area contributed by atoms with E-state index < -0.39 is 9.84 Å². The lowest BCUT2D eigenvalue weighted by Gasteiger charge is -2.36. The molecule has 0 bridgehead atoms. The summed E-state index contributed by atoms with van der Waals surface area (Å²) in [4.78, 5) is 21.6. The number of piperazine rings is 1. The SMILES string of the molecule is COc1ccccc1N1CCN(C(=O)c2ccc(CS(=O)(=O)c3cccc4cccnc34)cc2)CC1. The van der Waals surface area contributed by atoms with E-state index in [9.17, 15) is 13.2 Å². The fraction of sp³-hybridized carbons (Fsp3) is 0.214. The minimum absolute atomic E-state index is 0.0534. The van der Waals surface area contributed by atoms with Crippen molar-refractivity contribution in [2.45, 2.75) is 10.6 Å². The summed E-state index contributed by atoms with van der Waals surface area (Å²) in [5, 5.41) is 0.783. The number of aromatic nitrogens is 1. The largest absolute Gasteiger partial charge is 0.495 e. The number of hydrogen-bond acceptors (Lipinski definition) is 6. The second-order valence-electron chi connectivity index (χ2n) is 8.74. The van der Waals surface area contributed by atoms with Crippen LogP contribution in [0.25, 0.3) is 10.9 Å². The molecule has 4 aromatic rings. The van der Waals surface area contributed by atoms with E-state index >= 15 is 0 Å². The van der Waals surface area contributed by atoms with Gasteiger partial charge in [0.2, 0.25) is 0 Å². The van der Waals surface area contributed by atoms with Gasteiger partial charge in [0.15, 0.2) is 9.84 Å². The maximum absolute atomic E-state index is 13.1. The van der Waals surface area contributed by atoms with E-state index in [0.717, 1.165) is 16.8 Å². The first-order valence-electron chi connectivity index (χ1n) is 11.8. The monoisotopic (exact) mass is 501 g/mol. The number of pyridine rings is 1. The third-order valence-corrected chi connectivity index (χ3v) is 8.19. The number of sulfone groups is 1. The lowest BCUT2D eigenvalue weighted by molar-refractivity contribution is 0.0746. The molecule has 8 heteroatoms. The molecule has 1 aliphatic rings. The molecule has 0 aliphatic carbocycles. The molecule has 0 unspecified atom stereocenters. The Kier molecular flexibility index (Phi) is 6.61. The van der Waals surface area contributed by atoms with E-state index in [1.165, 1.54) is 0 Å². The Labute approximate surface area is 210 Å². The van der Waals surface area contributed by atoms with Gasteiger partial charge in [0.05, 0.1) is 29.0 Å². The zero-order valence-corrected chi connectivity index (χ0v) is 20.8. The van der Waals surface area contributed by atoms with Crippen LogP contribution in [0.2, 0.25) is 0 Å². The third kappa shape index (κ3) is 4.77. The van der Waals surface area contributed by atoms with Crippen molar-refractivity contribution in [1.29, 1.82) is 0 Å². The molecule has 1 aromatic heterocycles. The van der Waals surface area contributed by atoms with Gasteiger partial charge < -0.3 is 14.5 Å². The van der Waals surface area contributed by atoms with Gasteiger partial charge in [0, 0.05) is 43.3 Å². The zero-order chi connectivity index (χ0) is 25.1. The second-order valence-corrected chi connectivity index (χ2v) is 10.7. The number of carbonyl (C=O) groups excluding carboxylic acids is 1. The highest BCUT2D eigenvalue weighted by atomic mass is 32.2. The fourth-order valence-corrected chi connectivity index (χ4v) is 6.13. The summed E-state index contributed by atoms with van der Waals surface area (Å²) in [5.74, 6) is 0.610. The molecule has 0 radical (unpaired) electrons. The second kappa shape index (κ2) is 9.99. The Balaban J connectivity index is 1.25. The Bertz CT molecular complexity index is 1490. The van der Waals surface area contributed by atoms with Crippen LogP contribution in [0.15, 0.2) is 90.0 Å². The average Bonchev–Trinajstić information content (AvgIpc) is 2.92. The van der Waals surface area contributed by atoms with E-state index in [0.29, 0.717) is 42.8 Å². The highest BCUT2D eigenvalue weighted by molar-refractivity contribution is 7.90. The first-order chi connectivity index (χ1) is 17.5. The number of hydrogen-bond donors (Lipinski definition) is 0. The molecule has 2 heterocycles. The number of nitrogens with zero attached hydrogens (tertiary/aromatic N) is 3. The van der Waals surface area contributed by atoms with E-state index in [2.05, 4.69) is 9.88 Å². The highest BCUT2D eigenvalue weighted by Gasteiger charge is 2.24. The summed E-state index contributed by atoms with van der Waals surface area (Å²) in [5.41, 5.74) is 2.67. The number of fused-ring (bicyclic) bond motifs is 1. The minimum Gasteiger partial charge on any atom is -0.495 e. The zero-order valence-electron chi connectivity index (χ0n) is 20.0. The Morgan fingerprint density at radius 2 is 1.61 bits per heavy atom. The molecule has 5 rings (SSSR count). The number of amides is 1. The normalized spacial score (nSPS) is 14.1. The predicted molar refractivity (Wildman–Crippen MR) is 140 cm³/mol. The van der Waals surface area contributed by atoms with Crippen LogP contribution >= 0.6 is 0 Å². The van der Waals surface area contributed by atoms with E-state index in [1.807, 2.05) is 41.3 Å². The molecule has 0 saturated carbocycles. The first-order valence-corrected chi connectivity index (χ1v) is 13.4. The predicted octanol–water partition coefficient (Wildman–Crippen LogP) is 4.18. The molecule has 1 aliphatic heterocycles. The van der Waals surface area contributed by atoms with Crippen molar-refractivity contribution in [3.05, 3.63) is 96.2 Å². The Morgan fingerprint density at radius 1 is 0.889 bits per heavy atom. The molecule has 3 aromatic carbocycles. The Morgan fingerprint density at radius 3 is 2.36 bits per heavy atom. The van der Waals surface area contributed by atoms with Crippen molar-refractivity contribution in [2.24, 2.45) is 0 Å². The van der Waals surface area contributed by atoms with Gasteiger partial charge in [-0.1, -0.05) is 42.5 Å². The molecule has 1 fully saturated rings. The molecule has 1 saturated heterocycles. The standard InChI is InChI=1S/C28H27N3O4S/c1-35-25-9-3-2-8-24(25)30-16-18-31(19-17-30)28(32)23-13-11-21(12-14-23)20-36(33,34)26-10-4-6-22-7-5-15-29-27(22)26/h2-15H,16-20H2,1H3. The van der Waals surface area contributed by atoms with Crippen LogP contribution in [0.1, 0.15) is 15.9 Å². The highest BCUT2D eigenvalue weighted by Crippen LogP contribution is 2.29. The van der Waals surface area contributed by atoms with Crippen LogP contribution in [0.5, 0.6) is 5.75 Å². The van der Waals surface area contributed by atoms with Crippen molar-refractivity contribution in [1.82, 2.24) is 9.88 Å². The number of carbonyl (C=O) groups is 1. The van der Waals surface area contributed by atoms with Gasteiger partial charge in [-0.25, -0.2) is 8.42 Å². The molecular weight excluding hydrogens is 474 g/mol. The van der Waals surface area contributed by atoms with Crippen LogP contribution in [-0.4, -0.2) is 57.5 Å². The minimum atomic E-state index is -3.61. The Hall–Kier alpha value is -3.91. The van der Waals surface area contributed by atoms with Gasteiger partial charge >= 0.3 is 0 Å². The average molecular weight is 502 g/mol. The van der Waals surface area contributed by atoms with Gasteiger partial charge in [-0.15, -0.1) is 0 Å². The third-order valence-electron chi connectivity index (χ3n) is 6.48. The van der Waals surface area contributed by atoms with Crippen LogP contribution in [0.3, 0.4) is 0 Å². The van der Waals surface area contributed by atoms with Gasteiger partial charge in [-0.2, -0.15) is 0 Å². The molecule has 0 spiro atoms. The van der Waals surface area contributed by atoms with Gasteiger partial charge in [-0.3, -0.25) is 9.78 Å². The number of methoxy groups -OCH3 is 1. The van der Waals surface area contributed by atoms with Crippen LogP contribution < -0.4 is 9.64 Å². The van der Waals surface area contributed by atoms with Crippen molar-refractivity contribution in [3.63, 3.8) is 0 Å². The van der Waals surface area contributed by atoms with Crippen LogP contribution in [0.4, 0.5) is 5.69 Å². The summed E-state index contributed by atoms with van der Waals surface area (Å²) >= 11 is 0. The molecule has 36 heavy (non-hydrogen) atoms. The molecule has 0 N–H and O–H groups in total. The fourth-order valence-electron chi connectivity index (χ4n) is 4.59. The number of rotatable bonds is 6. The van der Waals surface area contributed by atoms with E-state index in [4.69, 9.17) is 4.74 Å². The van der Waals surface area contributed by atoms with Gasteiger partial charge in [-0.05, 0) is 42.0 Å². The molecule has 184 valence electrons. The van der Waals surface area contributed by atoms with Gasteiger partial charge in [0.1, 0.15) is 5.75 Å². The maximum Gasteiger partial charge on any atom is 0.253 e. The number of anilines is 1. The lowest BCUT2D eigenvalue weighted by Crippen LogP contribution is -2.48. The summed E-state index contributed by atoms with van der Waals surface area (Å²) in [7, 11) is -1.95. The van der Waals surface area contributed by atoms with Gasteiger partial charge in [0.25, 0.3) is 5.91 Å². The summed E-state index contributed by atoms with van der Waals surface area (Å²) < 4.78 is 31.8. The summed E-state index contributed by atoms with van der Waals surface area (Å²) in [6.07, 6.45) is 1.60. The molecule has 0 atom stereocenters. The molecule has 7 nitrogen and oxygen atoms in total. The quantitative estimate of drug-likeness (QED) is 0.394. The van der Waals surface area contributed by atoms with E-state index in [-0.39, 0.29) is 16.6 Å². The van der Waals surface area contributed by atoms with Crippen molar-refractivity contribution in [3.8, 4) is 5.75 Å². The smallest absolute Gasteiger partial charge is 0.253 e. The number of para-hydroxylation sites is 3. The van der Waals surface area contributed by atoms with Crippen LogP contribution in [0, 0.1) is 0 Å². The summed E-state index contributed by atoms with van der Waals surface area (Å²) in [6, 6.07) is 23.5. The number of ether oxygens (including phenoxy) is 1.